The van der Waals surface area contributed by atoms with Crippen molar-refractivity contribution in [2.75, 3.05) is 16.8 Å². The molecule has 8 nitrogen and oxygen atoms in total. The van der Waals surface area contributed by atoms with Gasteiger partial charge in [-0.2, -0.15) is 5.11 Å². The van der Waals surface area contributed by atoms with Crippen molar-refractivity contribution in [2.24, 2.45) is 10.3 Å². The first-order chi connectivity index (χ1) is 13.9. The first-order valence-electron chi connectivity index (χ1n) is 8.41. The molecular formula is C18H12BrCl2N5O3. The minimum Gasteiger partial charge on any atom is -0.322 e. The van der Waals surface area contributed by atoms with Gasteiger partial charge < -0.3 is 5.32 Å². The molecule has 2 atom stereocenters. The molecule has 29 heavy (non-hydrogen) atoms. The second-order valence-corrected chi connectivity index (χ2v) is 8.06. The van der Waals surface area contributed by atoms with Crippen LogP contribution in [0.4, 0.5) is 11.4 Å². The van der Waals surface area contributed by atoms with E-state index in [1.54, 1.807) is 42.5 Å². The number of hydrogen-bond donors (Lipinski definition) is 1. The van der Waals surface area contributed by atoms with Gasteiger partial charge in [-0.05, 0) is 36.4 Å². The predicted molar refractivity (Wildman–Crippen MR) is 111 cm³/mol. The van der Waals surface area contributed by atoms with E-state index >= 15 is 0 Å². The van der Waals surface area contributed by atoms with Crippen molar-refractivity contribution in [3.05, 3.63) is 57.0 Å². The summed E-state index contributed by atoms with van der Waals surface area (Å²) in [6, 6.07) is 9.62. The zero-order valence-corrected chi connectivity index (χ0v) is 17.6. The number of halogens is 3. The Morgan fingerprint density at radius 2 is 1.72 bits per heavy atom. The average Bonchev–Trinajstić information content (AvgIpc) is 3.19. The maximum atomic E-state index is 12.9. The summed E-state index contributed by atoms with van der Waals surface area (Å²) in [4.78, 5) is 39.1. The third kappa shape index (κ3) is 3.61. The van der Waals surface area contributed by atoms with Gasteiger partial charge in [0.1, 0.15) is 6.54 Å². The molecule has 2 aliphatic heterocycles. The van der Waals surface area contributed by atoms with Crippen molar-refractivity contribution >= 4 is 68.2 Å². The maximum Gasteiger partial charge on any atom is 0.263 e. The second-order valence-electron chi connectivity index (χ2n) is 6.33. The summed E-state index contributed by atoms with van der Waals surface area (Å²) in [7, 11) is 0. The Morgan fingerprint density at radius 1 is 1.07 bits per heavy atom. The van der Waals surface area contributed by atoms with Crippen molar-refractivity contribution in [3.8, 4) is 0 Å². The van der Waals surface area contributed by atoms with Gasteiger partial charge in [-0.25, -0.2) is 4.90 Å². The van der Waals surface area contributed by atoms with Gasteiger partial charge in [-0.1, -0.05) is 50.4 Å². The third-order valence-electron chi connectivity index (χ3n) is 4.48. The van der Waals surface area contributed by atoms with Gasteiger partial charge in [0.25, 0.3) is 11.8 Å². The molecule has 148 valence electrons. The average molecular weight is 497 g/mol. The molecule has 4 rings (SSSR count). The van der Waals surface area contributed by atoms with Gasteiger partial charge in [0.05, 0.1) is 21.4 Å². The Morgan fingerprint density at radius 3 is 2.38 bits per heavy atom. The van der Waals surface area contributed by atoms with Crippen LogP contribution in [0.2, 0.25) is 10.0 Å². The number of fused-ring (bicyclic) bond motifs is 1. The van der Waals surface area contributed by atoms with Crippen LogP contribution in [0.25, 0.3) is 0 Å². The van der Waals surface area contributed by atoms with Crippen LogP contribution in [0, 0.1) is 0 Å². The number of nitrogens with one attached hydrogen (secondary N) is 1. The number of hydrogen-bond acceptors (Lipinski definition) is 6. The fraction of sp³-hybridized carbons (Fsp3) is 0.167. The number of carbonyl (C=O) groups excluding carboxylic acids is 3. The molecule has 11 heteroatoms. The minimum atomic E-state index is -0.983. The molecule has 1 saturated heterocycles. The number of anilines is 2. The summed E-state index contributed by atoms with van der Waals surface area (Å²) in [5, 5.41) is 12.1. The first-order valence-corrected chi connectivity index (χ1v) is 9.96. The smallest absolute Gasteiger partial charge is 0.263 e. The van der Waals surface area contributed by atoms with Crippen molar-refractivity contribution in [1.82, 2.24) is 5.01 Å². The molecule has 0 aliphatic carbocycles. The molecule has 1 fully saturated rings. The molecule has 2 aromatic rings. The molecule has 0 spiro atoms. The largest absolute Gasteiger partial charge is 0.322 e. The highest BCUT2D eigenvalue weighted by Crippen LogP contribution is 2.33. The van der Waals surface area contributed by atoms with Crippen LogP contribution in [0.5, 0.6) is 0 Å². The molecule has 2 aliphatic rings. The van der Waals surface area contributed by atoms with Crippen molar-refractivity contribution in [1.29, 1.82) is 0 Å². The van der Waals surface area contributed by atoms with E-state index in [4.69, 9.17) is 23.2 Å². The highest BCUT2D eigenvalue weighted by Gasteiger charge is 2.55. The van der Waals surface area contributed by atoms with Gasteiger partial charge in [-0.15, -0.1) is 0 Å². The molecule has 0 saturated carbocycles. The molecule has 0 unspecified atom stereocenters. The number of amides is 3. The summed E-state index contributed by atoms with van der Waals surface area (Å²) in [5.41, 5.74) is 0.693. The van der Waals surface area contributed by atoms with E-state index in [0.717, 1.165) is 9.37 Å². The van der Waals surface area contributed by atoms with E-state index in [1.165, 1.54) is 5.01 Å². The van der Waals surface area contributed by atoms with Crippen LogP contribution in [-0.2, 0) is 14.4 Å². The number of nitrogens with zero attached hydrogens (tertiary/aromatic N) is 4. The Kier molecular flexibility index (Phi) is 5.28. The first kappa shape index (κ1) is 19.8. The second kappa shape index (κ2) is 7.74. The zero-order chi connectivity index (χ0) is 20.7. The monoisotopic (exact) mass is 495 g/mol. The Labute approximate surface area is 183 Å². The Bertz CT molecular complexity index is 1030. The molecule has 0 radical (unpaired) electrons. The standard InChI is InChI=1S/C18H12BrCl2N5O3/c19-9-4-6-10(7-5-9)26-17(28)15-16(18(26)29)25(24-23-15)8-13(27)22-14-11(20)2-1-3-12(14)21/h1-7,15-16H,8H2,(H,22,27)/t15-,16-/m0/s1. The molecule has 1 N–H and O–H groups in total. The minimum absolute atomic E-state index is 0.263. The molecular weight excluding hydrogens is 485 g/mol. The number of rotatable bonds is 4. The quantitative estimate of drug-likeness (QED) is 0.653. The van der Waals surface area contributed by atoms with Crippen LogP contribution in [0.15, 0.2) is 57.3 Å². The van der Waals surface area contributed by atoms with Crippen molar-refractivity contribution in [3.63, 3.8) is 0 Å². The van der Waals surface area contributed by atoms with E-state index in [-0.39, 0.29) is 22.3 Å². The molecule has 0 bridgehead atoms. The van der Waals surface area contributed by atoms with E-state index in [0.29, 0.717) is 5.69 Å². The fourth-order valence-corrected chi connectivity index (χ4v) is 3.90. The Balaban J connectivity index is 1.50. The topological polar surface area (TPSA) is 94.4 Å². The number of benzene rings is 2. The normalized spacial score (nSPS) is 20.4. The molecule has 2 heterocycles. The van der Waals surface area contributed by atoms with E-state index in [9.17, 15) is 14.4 Å². The summed E-state index contributed by atoms with van der Waals surface area (Å²) < 4.78 is 0.816. The SMILES string of the molecule is O=C(CN1N=N[C@@H]2C(=O)N(c3ccc(Br)cc3)C(=O)[C@H]21)Nc1c(Cl)cccc1Cl. The van der Waals surface area contributed by atoms with Gasteiger partial charge in [-0.3, -0.25) is 19.4 Å². The lowest BCUT2D eigenvalue weighted by Gasteiger charge is -2.20. The Hall–Kier alpha value is -2.49. The highest BCUT2D eigenvalue weighted by molar-refractivity contribution is 9.10. The fourth-order valence-electron chi connectivity index (χ4n) is 3.14. The van der Waals surface area contributed by atoms with Gasteiger partial charge in [0.2, 0.25) is 5.91 Å². The van der Waals surface area contributed by atoms with Crippen molar-refractivity contribution in [2.45, 2.75) is 12.1 Å². The van der Waals surface area contributed by atoms with Crippen LogP contribution in [0.3, 0.4) is 0 Å². The zero-order valence-electron chi connectivity index (χ0n) is 14.6. The highest BCUT2D eigenvalue weighted by atomic mass is 79.9. The number of para-hydroxylation sites is 1. The maximum absolute atomic E-state index is 12.9. The van der Waals surface area contributed by atoms with Crippen LogP contribution in [0.1, 0.15) is 0 Å². The predicted octanol–water partition coefficient (Wildman–Crippen LogP) is 3.69. The molecule has 2 aromatic carbocycles. The third-order valence-corrected chi connectivity index (χ3v) is 5.63. The number of imide groups is 1. The van der Waals surface area contributed by atoms with Crippen LogP contribution >= 0.6 is 39.1 Å². The summed E-state index contributed by atoms with van der Waals surface area (Å²) in [6.07, 6.45) is 0. The van der Waals surface area contributed by atoms with Gasteiger partial charge in [0.15, 0.2) is 12.1 Å². The van der Waals surface area contributed by atoms with Crippen molar-refractivity contribution < 1.29 is 14.4 Å². The van der Waals surface area contributed by atoms with Gasteiger partial charge >= 0.3 is 0 Å². The lowest BCUT2D eigenvalue weighted by atomic mass is 10.1. The molecule has 0 aromatic heterocycles. The van der Waals surface area contributed by atoms with E-state index in [1.807, 2.05) is 0 Å². The van der Waals surface area contributed by atoms with Crippen LogP contribution in [-0.4, -0.2) is 41.4 Å². The summed E-state index contributed by atoms with van der Waals surface area (Å²) >= 11 is 15.4. The van der Waals surface area contributed by atoms with Crippen LogP contribution < -0.4 is 10.2 Å². The number of carbonyl (C=O) groups is 3. The lowest BCUT2D eigenvalue weighted by molar-refractivity contribution is -0.123. The molecule has 3 amide bonds. The van der Waals surface area contributed by atoms with E-state index in [2.05, 4.69) is 31.6 Å². The van der Waals surface area contributed by atoms with Gasteiger partial charge in [0, 0.05) is 4.47 Å². The summed E-state index contributed by atoms with van der Waals surface area (Å²) in [5.74, 6) is -1.47. The lowest BCUT2D eigenvalue weighted by Crippen LogP contribution is -2.43. The van der Waals surface area contributed by atoms with E-state index < -0.39 is 29.8 Å². The summed E-state index contributed by atoms with van der Waals surface area (Å²) in [6.45, 7) is -0.292.